The molecule has 0 aromatic heterocycles. The molecule has 0 radical (unpaired) electrons. The number of carbonyl (C=O) groups is 2. The molecule has 0 bridgehead atoms. The smallest absolute Gasteiger partial charge is 0.340 e. The van der Waals surface area contributed by atoms with E-state index >= 15 is 0 Å². The van der Waals surface area contributed by atoms with Crippen LogP contribution in [0.4, 0.5) is 5.69 Å². The van der Waals surface area contributed by atoms with Crippen LogP contribution in [0.5, 0.6) is 0 Å². The molecule has 1 heterocycles. The van der Waals surface area contributed by atoms with Crippen LogP contribution >= 0.6 is 11.6 Å². The summed E-state index contributed by atoms with van der Waals surface area (Å²) in [6.45, 7) is 1.22. The van der Waals surface area contributed by atoms with Crippen molar-refractivity contribution in [1.29, 1.82) is 0 Å². The van der Waals surface area contributed by atoms with Gasteiger partial charge in [0, 0.05) is 31.9 Å². The van der Waals surface area contributed by atoms with Gasteiger partial charge in [0.2, 0.25) is 10.0 Å². The molecule has 2 aliphatic rings. The number of hydrogen-bond acceptors (Lipinski definition) is 6. The Hall–Kier alpha value is -3.40. The molecule has 204 valence electrons. The largest absolute Gasteiger partial charge is 0.452 e. The summed E-state index contributed by atoms with van der Waals surface area (Å²) >= 11 is 6.22. The van der Waals surface area contributed by atoms with Crippen molar-refractivity contribution in [3.05, 3.63) is 94.5 Å². The van der Waals surface area contributed by atoms with Crippen LogP contribution < -0.4 is 10.2 Å². The van der Waals surface area contributed by atoms with Gasteiger partial charge in [-0.3, -0.25) is 4.79 Å². The normalized spacial score (nSPS) is 17.8. The SMILES string of the molecule is O=C(COC(=O)c1cc(S(=O)(=O)N2CCN(c3ccccc3)CC2)ccc1Cl)N[C@H]1CCCc2ccccc21. The average Bonchev–Trinajstić information content (AvgIpc) is 2.97. The van der Waals surface area contributed by atoms with E-state index in [0.29, 0.717) is 26.2 Å². The number of para-hydroxylation sites is 1. The average molecular weight is 568 g/mol. The van der Waals surface area contributed by atoms with Gasteiger partial charge in [0.1, 0.15) is 0 Å². The summed E-state index contributed by atoms with van der Waals surface area (Å²) in [7, 11) is -3.86. The number of halogens is 1. The molecule has 3 aromatic rings. The number of amides is 1. The first-order chi connectivity index (χ1) is 18.8. The van der Waals surface area contributed by atoms with Crippen molar-refractivity contribution >= 4 is 39.2 Å². The molecule has 1 aliphatic heterocycles. The van der Waals surface area contributed by atoms with E-state index in [4.69, 9.17) is 16.3 Å². The number of sulfonamides is 1. The third kappa shape index (κ3) is 6.11. The summed E-state index contributed by atoms with van der Waals surface area (Å²) in [6.07, 6.45) is 2.74. The van der Waals surface area contributed by atoms with Crippen LogP contribution in [0.2, 0.25) is 5.02 Å². The number of nitrogens with zero attached hydrogens (tertiary/aromatic N) is 2. The number of ether oxygens (including phenoxy) is 1. The van der Waals surface area contributed by atoms with E-state index in [9.17, 15) is 18.0 Å². The van der Waals surface area contributed by atoms with Gasteiger partial charge in [-0.25, -0.2) is 13.2 Å². The Kier molecular flexibility index (Phi) is 8.20. The van der Waals surface area contributed by atoms with Crippen molar-refractivity contribution in [2.24, 2.45) is 0 Å². The summed E-state index contributed by atoms with van der Waals surface area (Å²) < 4.78 is 33.3. The van der Waals surface area contributed by atoms with Crippen molar-refractivity contribution in [3.8, 4) is 0 Å². The fourth-order valence-electron chi connectivity index (χ4n) is 5.14. The lowest BCUT2D eigenvalue weighted by Gasteiger charge is -2.35. The van der Waals surface area contributed by atoms with E-state index in [2.05, 4.69) is 16.3 Å². The number of hydrogen-bond donors (Lipinski definition) is 1. The summed E-state index contributed by atoms with van der Waals surface area (Å²) in [4.78, 5) is 27.5. The summed E-state index contributed by atoms with van der Waals surface area (Å²) in [6, 6.07) is 21.6. The second-order valence-electron chi connectivity index (χ2n) is 9.66. The Morgan fingerprint density at radius 1 is 0.949 bits per heavy atom. The van der Waals surface area contributed by atoms with Crippen molar-refractivity contribution in [3.63, 3.8) is 0 Å². The molecule has 3 aromatic carbocycles. The highest BCUT2D eigenvalue weighted by Gasteiger charge is 2.30. The zero-order valence-electron chi connectivity index (χ0n) is 21.4. The zero-order valence-corrected chi connectivity index (χ0v) is 23.0. The number of rotatable bonds is 7. The number of anilines is 1. The van der Waals surface area contributed by atoms with Gasteiger partial charge in [-0.15, -0.1) is 0 Å². The van der Waals surface area contributed by atoms with Crippen molar-refractivity contribution in [2.45, 2.75) is 30.2 Å². The van der Waals surface area contributed by atoms with E-state index in [0.717, 1.165) is 30.5 Å². The zero-order chi connectivity index (χ0) is 27.4. The van der Waals surface area contributed by atoms with Crippen LogP contribution in [0.15, 0.2) is 77.7 Å². The Morgan fingerprint density at radius 3 is 2.44 bits per heavy atom. The van der Waals surface area contributed by atoms with Gasteiger partial charge in [-0.2, -0.15) is 4.31 Å². The van der Waals surface area contributed by atoms with Gasteiger partial charge in [0.15, 0.2) is 6.61 Å². The Morgan fingerprint density at radius 2 is 1.67 bits per heavy atom. The molecule has 10 heteroatoms. The maximum absolute atomic E-state index is 13.4. The number of benzene rings is 3. The number of carbonyl (C=O) groups excluding carboxylic acids is 2. The summed E-state index contributed by atoms with van der Waals surface area (Å²) in [5.41, 5.74) is 3.23. The van der Waals surface area contributed by atoms with E-state index < -0.39 is 28.5 Å². The fourth-order valence-corrected chi connectivity index (χ4v) is 6.79. The third-order valence-corrected chi connectivity index (χ3v) is 9.42. The van der Waals surface area contributed by atoms with E-state index in [1.165, 1.54) is 28.1 Å². The number of fused-ring (bicyclic) bond motifs is 1. The lowest BCUT2D eigenvalue weighted by Crippen LogP contribution is -2.48. The highest BCUT2D eigenvalue weighted by Crippen LogP contribution is 2.29. The van der Waals surface area contributed by atoms with Crippen LogP contribution in [0.1, 0.15) is 40.4 Å². The minimum Gasteiger partial charge on any atom is -0.452 e. The van der Waals surface area contributed by atoms with E-state index in [-0.39, 0.29) is 21.5 Å². The maximum Gasteiger partial charge on any atom is 0.340 e. The predicted octanol–water partition coefficient (Wildman–Crippen LogP) is 4.20. The molecule has 8 nitrogen and oxygen atoms in total. The van der Waals surface area contributed by atoms with Crippen LogP contribution in [-0.4, -0.2) is 57.4 Å². The Labute approximate surface area is 233 Å². The van der Waals surface area contributed by atoms with Crippen LogP contribution in [0.25, 0.3) is 0 Å². The molecule has 5 rings (SSSR count). The molecule has 1 saturated heterocycles. The molecule has 1 amide bonds. The third-order valence-electron chi connectivity index (χ3n) is 7.19. The van der Waals surface area contributed by atoms with Gasteiger partial charge in [-0.05, 0) is 60.7 Å². The fraction of sp³-hybridized carbons (Fsp3) is 0.310. The number of piperazine rings is 1. The Bertz CT molecular complexity index is 1460. The number of esters is 1. The van der Waals surface area contributed by atoms with E-state index in [1.54, 1.807) is 0 Å². The Balaban J connectivity index is 1.21. The molecule has 0 unspecified atom stereocenters. The maximum atomic E-state index is 13.4. The predicted molar refractivity (Wildman–Crippen MR) is 149 cm³/mol. The van der Waals surface area contributed by atoms with Gasteiger partial charge < -0.3 is 15.0 Å². The van der Waals surface area contributed by atoms with Crippen LogP contribution in [0.3, 0.4) is 0 Å². The van der Waals surface area contributed by atoms with Crippen molar-refractivity contribution in [2.75, 3.05) is 37.7 Å². The van der Waals surface area contributed by atoms with Crippen LogP contribution in [-0.2, 0) is 26.0 Å². The molecule has 1 aliphatic carbocycles. The highest BCUT2D eigenvalue weighted by atomic mass is 35.5. The second kappa shape index (κ2) is 11.8. The van der Waals surface area contributed by atoms with Crippen LogP contribution in [0, 0.1) is 0 Å². The quantitative estimate of drug-likeness (QED) is 0.430. The van der Waals surface area contributed by atoms with Gasteiger partial charge >= 0.3 is 5.97 Å². The molecule has 1 N–H and O–H groups in total. The minimum absolute atomic E-state index is 0.0460. The highest BCUT2D eigenvalue weighted by molar-refractivity contribution is 7.89. The van der Waals surface area contributed by atoms with Crippen molar-refractivity contribution < 1.29 is 22.7 Å². The van der Waals surface area contributed by atoms with Gasteiger partial charge in [-0.1, -0.05) is 54.1 Å². The van der Waals surface area contributed by atoms with Gasteiger partial charge in [0.25, 0.3) is 5.91 Å². The topological polar surface area (TPSA) is 96.0 Å². The summed E-state index contributed by atoms with van der Waals surface area (Å²) in [5.74, 6) is -1.29. The molecule has 1 atom stereocenters. The second-order valence-corrected chi connectivity index (χ2v) is 12.0. The molecular formula is C29H30ClN3O5S. The molecular weight excluding hydrogens is 538 g/mol. The molecule has 0 spiro atoms. The molecule has 0 saturated carbocycles. The number of aryl methyl sites for hydroxylation is 1. The number of nitrogens with one attached hydrogen (secondary N) is 1. The lowest BCUT2D eigenvalue weighted by molar-refractivity contribution is -0.125. The first kappa shape index (κ1) is 27.2. The first-order valence-electron chi connectivity index (χ1n) is 13.0. The monoisotopic (exact) mass is 567 g/mol. The van der Waals surface area contributed by atoms with Crippen molar-refractivity contribution in [1.82, 2.24) is 9.62 Å². The van der Waals surface area contributed by atoms with Gasteiger partial charge in [0.05, 0.1) is 21.5 Å². The molecule has 1 fully saturated rings. The molecule has 39 heavy (non-hydrogen) atoms. The van der Waals surface area contributed by atoms with E-state index in [1.807, 2.05) is 48.5 Å². The standard InChI is InChI=1S/C29H30ClN3O5S/c30-26-14-13-23(39(36,37)33-17-15-32(16-18-33)22-9-2-1-3-10-22)19-25(26)29(35)38-20-28(34)31-27-12-6-8-21-7-4-5-11-24(21)27/h1-5,7,9-11,13-14,19,27H,6,8,12,15-18,20H2,(H,31,34)/t27-/m0/s1. The first-order valence-corrected chi connectivity index (χ1v) is 14.8. The minimum atomic E-state index is -3.86. The lowest BCUT2D eigenvalue weighted by atomic mass is 9.88. The summed E-state index contributed by atoms with van der Waals surface area (Å²) in [5, 5.41) is 2.99.